The highest BCUT2D eigenvalue weighted by Crippen LogP contribution is 2.27. The molecule has 0 aliphatic heterocycles. The van der Waals surface area contributed by atoms with E-state index in [1.54, 1.807) is 13.8 Å². The lowest BCUT2D eigenvalue weighted by Crippen LogP contribution is -2.28. The minimum absolute atomic E-state index is 0.0428. The third-order valence-corrected chi connectivity index (χ3v) is 3.06. The van der Waals surface area contributed by atoms with Gasteiger partial charge in [0, 0.05) is 6.54 Å². The molecule has 7 heteroatoms. The topological polar surface area (TPSA) is 46.9 Å². The molecule has 0 aliphatic carbocycles. The number of fused-ring (bicyclic) bond motifs is 1. The largest absolute Gasteiger partial charge is 0.355 e. The van der Waals surface area contributed by atoms with E-state index in [0.29, 0.717) is 12.4 Å². The second-order valence-corrected chi connectivity index (χ2v) is 5.01. The van der Waals surface area contributed by atoms with Crippen molar-refractivity contribution in [3.8, 4) is 0 Å². The number of hydrogen-bond donors (Lipinski definition) is 1. The molecule has 1 atom stereocenters. The summed E-state index contributed by atoms with van der Waals surface area (Å²) in [6.45, 7) is 3.73. The number of likely N-dealkylation sites (N-methyl/N-ethyl adjacent to an activating group) is 1. The predicted molar refractivity (Wildman–Crippen MR) is 72.6 cm³/mol. The van der Waals surface area contributed by atoms with Crippen LogP contribution >= 0.6 is 11.6 Å². The first-order valence-corrected chi connectivity index (χ1v) is 6.64. The summed E-state index contributed by atoms with van der Waals surface area (Å²) in [7, 11) is 0. The number of nitrogens with one attached hydrogen (secondary N) is 1. The summed E-state index contributed by atoms with van der Waals surface area (Å²) >= 11 is 6.00. The number of alkyl halides is 1. The van der Waals surface area contributed by atoms with Gasteiger partial charge in [0.2, 0.25) is 5.91 Å². The van der Waals surface area contributed by atoms with E-state index in [0.717, 1.165) is 6.07 Å². The first-order chi connectivity index (χ1) is 9.45. The predicted octanol–water partition coefficient (Wildman–Crippen LogP) is 2.75. The Morgan fingerprint density at radius 3 is 2.80 bits per heavy atom. The van der Waals surface area contributed by atoms with Crippen molar-refractivity contribution in [3.05, 3.63) is 29.6 Å². The van der Waals surface area contributed by atoms with E-state index in [2.05, 4.69) is 10.3 Å². The number of nitrogens with zero attached hydrogens (tertiary/aromatic N) is 2. The molecule has 0 saturated heterocycles. The molecule has 0 spiro atoms. The molecule has 108 valence electrons. The molecule has 2 aromatic rings. The zero-order valence-electron chi connectivity index (χ0n) is 11.1. The Hall–Kier alpha value is -1.69. The van der Waals surface area contributed by atoms with E-state index in [1.165, 1.54) is 10.6 Å². The number of halogens is 3. The molecule has 1 aromatic heterocycles. The molecule has 1 N–H and O–H groups in total. The molecule has 2 rings (SSSR count). The van der Waals surface area contributed by atoms with Crippen LogP contribution in [0.2, 0.25) is 0 Å². The quantitative estimate of drug-likeness (QED) is 0.883. The van der Waals surface area contributed by atoms with Crippen molar-refractivity contribution in [2.45, 2.75) is 25.8 Å². The van der Waals surface area contributed by atoms with Crippen LogP contribution in [-0.4, -0.2) is 22.0 Å². The van der Waals surface area contributed by atoms with Crippen LogP contribution in [0, 0.1) is 11.6 Å². The molecule has 0 fully saturated rings. The lowest BCUT2D eigenvalue weighted by Gasteiger charge is -2.10. The van der Waals surface area contributed by atoms with Gasteiger partial charge < -0.3 is 9.88 Å². The van der Waals surface area contributed by atoms with Gasteiger partial charge >= 0.3 is 0 Å². The number of amides is 1. The normalized spacial score (nSPS) is 12.7. The highest BCUT2D eigenvalue weighted by Gasteiger charge is 2.21. The zero-order valence-corrected chi connectivity index (χ0v) is 11.8. The minimum atomic E-state index is -1.03. The summed E-state index contributed by atoms with van der Waals surface area (Å²) in [6, 6.07) is 2.37. The highest BCUT2D eigenvalue weighted by molar-refractivity contribution is 6.20. The maximum absolute atomic E-state index is 14.0. The van der Waals surface area contributed by atoms with E-state index in [4.69, 9.17) is 11.6 Å². The van der Waals surface area contributed by atoms with Crippen LogP contribution in [0.3, 0.4) is 0 Å². The summed E-state index contributed by atoms with van der Waals surface area (Å²) in [4.78, 5) is 15.9. The van der Waals surface area contributed by atoms with Gasteiger partial charge in [-0.3, -0.25) is 4.79 Å². The molecule has 1 amide bonds. The maximum atomic E-state index is 14.0. The number of aromatic nitrogens is 2. The van der Waals surface area contributed by atoms with Gasteiger partial charge in [-0.2, -0.15) is 0 Å². The zero-order chi connectivity index (χ0) is 14.9. The summed E-state index contributed by atoms with van der Waals surface area (Å²) in [5, 5.41) is 2.07. The third-order valence-electron chi connectivity index (χ3n) is 2.86. The molecule has 0 bridgehead atoms. The summed E-state index contributed by atoms with van der Waals surface area (Å²) in [5.74, 6) is -1.99. The van der Waals surface area contributed by atoms with Gasteiger partial charge in [0.15, 0.2) is 11.6 Å². The van der Waals surface area contributed by atoms with Crippen LogP contribution in [0.5, 0.6) is 0 Å². The fourth-order valence-electron chi connectivity index (χ4n) is 2.04. The molecule has 1 heterocycles. The SMILES string of the molecule is CCNC(=O)Cn1c(C(C)Cl)nc2ccc(F)c(F)c21. The standard InChI is InChI=1S/C13H14ClF2N3O/c1-3-17-10(20)6-19-12-9(18-13(19)7(2)14)5-4-8(15)11(12)16/h4-5,7H,3,6H2,1-2H3,(H,17,20). The van der Waals surface area contributed by atoms with Crippen molar-refractivity contribution in [2.24, 2.45) is 0 Å². The highest BCUT2D eigenvalue weighted by atomic mass is 35.5. The monoisotopic (exact) mass is 301 g/mol. The van der Waals surface area contributed by atoms with Gasteiger partial charge in [-0.25, -0.2) is 13.8 Å². The van der Waals surface area contributed by atoms with Crippen molar-refractivity contribution in [1.29, 1.82) is 0 Å². The summed E-state index contributed by atoms with van der Waals surface area (Å²) < 4.78 is 28.7. The Balaban J connectivity index is 2.61. The van der Waals surface area contributed by atoms with Gasteiger partial charge in [-0.1, -0.05) is 0 Å². The van der Waals surface area contributed by atoms with Gasteiger partial charge in [-0.05, 0) is 26.0 Å². The Bertz CT molecular complexity index is 655. The number of carbonyl (C=O) groups excluding carboxylic acids is 1. The molecular weight excluding hydrogens is 288 g/mol. The van der Waals surface area contributed by atoms with Crippen LogP contribution in [0.1, 0.15) is 25.0 Å². The average Bonchev–Trinajstić information content (AvgIpc) is 2.74. The Kier molecular flexibility index (Phi) is 4.23. The second-order valence-electron chi connectivity index (χ2n) is 4.35. The maximum Gasteiger partial charge on any atom is 0.240 e. The summed E-state index contributed by atoms with van der Waals surface area (Å²) in [6.07, 6.45) is 0. The summed E-state index contributed by atoms with van der Waals surface area (Å²) in [5.41, 5.74) is 0.231. The van der Waals surface area contributed by atoms with Gasteiger partial charge in [-0.15, -0.1) is 11.6 Å². The smallest absolute Gasteiger partial charge is 0.240 e. The number of benzene rings is 1. The van der Waals surface area contributed by atoms with Crippen molar-refractivity contribution in [2.75, 3.05) is 6.54 Å². The fourth-order valence-corrected chi connectivity index (χ4v) is 2.20. The fraction of sp³-hybridized carbons (Fsp3) is 0.385. The number of carbonyl (C=O) groups is 1. The number of imidazole rings is 1. The van der Waals surface area contributed by atoms with Crippen LogP contribution < -0.4 is 5.32 Å². The Morgan fingerprint density at radius 2 is 2.20 bits per heavy atom. The van der Waals surface area contributed by atoms with E-state index >= 15 is 0 Å². The Morgan fingerprint density at radius 1 is 1.50 bits per heavy atom. The number of hydrogen-bond acceptors (Lipinski definition) is 2. The first kappa shape index (κ1) is 14.7. The van der Waals surface area contributed by atoms with Crippen LogP contribution in [0.15, 0.2) is 12.1 Å². The number of rotatable bonds is 4. The van der Waals surface area contributed by atoms with E-state index in [1.807, 2.05) is 0 Å². The van der Waals surface area contributed by atoms with Crippen LogP contribution in [-0.2, 0) is 11.3 Å². The van der Waals surface area contributed by atoms with Crippen molar-refractivity contribution in [1.82, 2.24) is 14.9 Å². The Labute approximate surface area is 119 Å². The molecule has 1 aromatic carbocycles. The lowest BCUT2D eigenvalue weighted by molar-refractivity contribution is -0.121. The molecule has 0 aliphatic rings. The molecule has 20 heavy (non-hydrogen) atoms. The van der Waals surface area contributed by atoms with Crippen molar-refractivity contribution >= 4 is 28.5 Å². The minimum Gasteiger partial charge on any atom is -0.355 e. The molecule has 1 unspecified atom stereocenters. The average molecular weight is 302 g/mol. The van der Waals surface area contributed by atoms with Crippen molar-refractivity contribution in [3.63, 3.8) is 0 Å². The molecule has 0 saturated carbocycles. The molecule has 0 radical (unpaired) electrons. The molecule has 4 nitrogen and oxygen atoms in total. The lowest BCUT2D eigenvalue weighted by atomic mass is 10.3. The van der Waals surface area contributed by atoms with E-state index in [-0.39, 0.29) is 23.5 Å². The van der Waals surface area contributed by atoms with E-state index < -0.39 is 17.0 Å². The van der Waals surface area contributed by atoms with E-state index in [9.17, 15) is 13.6 Å². The first-order valence-electron chi connectivity index (χ1n) is 6.20. The van der Waals surface area contributed by atoms with Crippen LogP contribution in [0.25, 0.3) is 11.0 Å². The van der Waals surface area contributed by atoms with Crippen molar-refractivity contribution < 1.29 is 13.6 Å². The van der Waals surface area contributed by atoms with Gasteiger partial charge in [0.05, 0.1) is 10.9 Å². The van der Waals surface area contributed by atoms with Crippen LogP contribution in [0.4, 0.5) is 8.78 Å². The van der Waals surface area contributed by atoms with Gasteiger partial charge in [0.25, 0.3) is 0 Å². The molecular formula is C13H14ClF2N3O. The van der Waals surface area contributed by atoms with Gasteiger partial charge in [0.1, 0.15) is 17.9 Å². The third kappa shape index (κ3) is 2.60. The second kappa shape index (κ2) is 5.75.